The van der Waals surface area contributed by atoms with Crippen molar-refractivity contribution in [2.24, 2.45) is 0 Å². The lowest BCUT2D eigenvalue weighted by molar-refractivity contribution is 1.07. The first-order chi connectivity index (χ1) is 28.3. The molecule has 4 heteroatoms. The monoisotopic (exact) mass is 726 g/mol. The standard InChI is InChI=1S/C53H34N4/c1-4-15-37(16-5-1)43-32-33-48-49-44(43)22-12-23-45(49)50-46(24-13-25-47(50)57(48)42-20-8-3-9-21-42)53-55-51(38-17-6-2-7-18-38)54-52(56-53)39-29-26-36(27-30-39)41-31-28-35-14-10-11-19-40(35)34-41/h1-34H. The molecular weight excluding hydrogens is 693 g/mol. The summed E-state index contributed by atoms with van der Waals surface area (Å²) in [6.07, 6.45) is 0. The van der Waals surface area contributed by atoms with Crippen molar-refractivity contribution in [2.75, 3.05) is 4.90 Å². The maximum absolute atomic E-state index is 5.29. The van der Waals surface area contributed by atoms with Crippen LogP contribution in [0.2, 0.25) is 0 Å². The van der Waals surface area contributed by atoms with Gasteiger partial charge in [0.05, 0.1) is 11.4 Å². The van der Waals surface area contributed by atoms with Crippen molar-refractivity contribution in [1.82, 2.24) is 15.0 Å². The van der Waals surface area contributed by atoms with Gasteiger partial charge in [-0.25, -0.2) is 15.0 Å². The topological polar surface area (TPSA) is 41.9 Å². The number of aromatic nitrogens is 3. The fraction of sp³-hybridized carbons (Fsp3) is 0. The van der Waals surface area contributed by atoms with Crippen LogP contribution in [0.5, 0.6) is 0 Å². The molecule has 2 heterocycles. The molecule has 0 unspecified atom stereocenters. The second-order valence-corrected chi connectivity index (χ2v) is 14.4. The molecule has 0 spiro atoms. The van der Waals surface area contributed by atoms with Gasteiger partial charge in [0.25, 0.3) is 0 Å². The molecule has 266 valence electrons. The van der Waals surface area contributed by atoms with Crippen molar-refractivity contribution in [2.45, 2.75) is 0 Å². The highest BCUT2D eigenvalue weighted by Gasteiger charge is 2.30. The molecule has 0 fully saturated rings. The fourth-order valence-corrected chi connectivity index (χ4v) is 8.36. The van der Waals surface area contributed by atoms with Gasteiger partial charge >= 0.3 is 0 Å². The second-order valence-electron chi connectivity index (χ2n) is 14.4. The Hall–Kier alpha value is -7.69. The molecule has 1 aliphatic heterocycles. The Morgan fingerprint density at radius 3 is 1.65 bits per heavy atom. The van der Waals surface area contributed by atoms with Crippen LogP contribution in [0.15, 0.2) is 206 Å². The van der Waals surface area contributed by atoms with E-state index in [1.807, 2.05) is 18.2 Å². The Balaban J connectivity index is 1.12. The minimum atomic E-state index is 0.627. The first kappa shape index (κ1) is 32.7. The molecule has 10 aromatic rings. The average molecular weight is 727 g/mol. The summed E-state index contributed by atoms with van der Waals surface area (Å²) >= 11 is 0. The van der Waals surface area contributed by atoms with E-state index in [-0.39, 0.29) is 0 Å². The molecule has 0 N–H and O–H groups in total. The summed E-state index contributed by atoms with van der Waals surface area (Å²) in [6, 6.07) is 72.8. The third-order valence-electron chi connectivity index (χ3n) is 11.0. The van der Waals surface area contributed by atoms with Gasteiger partial charge in [-0.05, 0) is 74.3 Å². The number of fused-ring (bicyclic) bond motifs is 3. The van der Waals surface area contributed by atoms with Crippen LogP contribution >= 0.6 is 0 Å². The highest BCUT2D eigenvalue weighted by molar-refractivity contribution is 6.19. The van der Waals surface area contributed by atoms with Crippen LogP contribution in [0, 0.1) is 0 Å². The predicted octanol–water partition coefficient (Wildman–Crippen LogP) is 14.0. The van der Waals surface area contributed by atoms with Crippen LogP contribution < -0.4 is 4.90 Å². The van der Waals surface area contributed by atoms with Gasteiger partial charge in [0.15, 0.2) is 17.5 Å². The third-order valence-corrected chi connectivity index (χ3v) is 11.0. The molecule has 0 aliphatic carbocycles. The largest absolute Gasteiger partial charge is 0.309 e. The summed E-state index contributed by atoms with van der Waals surface area (Å²) in [5.41, 5.74) is 13.1. The van der Waals surface area contributed by atoms with Gasteiger partial charge in [-0.1, -0.05) is 176 Å². The van der Waals surface area contributed by atoms with E-state index in [2.05, 4.69) is 193 Å². The maximum Gasteiger partial charge on any atom is 0.164 e. The summed E-state index contributed by atoms with van der Waals surface area (Å²) < 4.78 is 0. The van der Waals surface area contributed by atoms with Crippen LogP contribution in [0.25, 0.3) is 89.1 Å². The van der Waals surface area contributed by atoms with Crippen molar-refractivity contribution < 1.29 is 0 Å². The Morgan fingerprint density at radius 2 is 0.895 bits per heavy atom. The molecule has 1 aliphatic rings. The first-order valence-electron chi connectivity index (χ1n) is 19.3. The minimum Gasteiger partial charge on any atom is -0.309 e. The Morgan fingerprint density at radius 1 is 0.316 bits per heavy atom. The highest BCUT2D eigenvalue weighted by atomic mass is 15.2. The second kappa shape index (κ2) is 13.6. The Bertz CT molecular complexity index is 3110. The summed E-state index contributed by atoms with van der Waals surface area (Å²) in [4.78, 5) is 18.0. The van der Waals surface area contributed by atoms with Gasteiger partial charge in [0.2, 0.25) is 0 Å². The zero-order valence-electron chi connectivity index (χ0n) is 30.9. The van der Waals surface area contributed by atoms with E-state index in [0.717, 1.165) is 50.4 Å². The van der Waals surface area contributed by atoms with Gasteiger partial charge < -0.3 is 4.90 Å². The van der Waals surface area contributed by atoms with E-state index >= 15 is 0 Å². The van der Waals surface area contributed by atoms with Crippen molar-refractivity contribution in [3.63, 3.8) is 0 Å². The van der Waals surface area contributed by atoms with Crippen LogP contribution in [-0.2, 0) is 0 Å². The number of hydrogen-bond acceptors (Lipinski definition) is 4. The minimum absolute atomic E-state index is 0.627. The maximum atomic E-state index is 5.29. The molecular formula is C53H34N4. The lowest BCUT2D eigenvalue weighted by Gasteiger charge is -2.35. The molecule has 0 amide bonds. The number of nitrogens with zero attached hydrogens (tertiary/aromatic N) is 4. The molecule has 57 heavy (non-hydrogen) atoms. The molecule has 0 saturated carbocycles. The smallest absolute Gasteiger partial charge is 0.164 e. The highest BCUT2D eigenvalue weighted by Crippen LogP contribution is 2.54. The van der Waals surface area contributed by atoms with Crippen LogP contribution in [0.1, 0.15) is 0 Å². The van der Waals surface area contributed by atoms with E-state index in [0.29, 0.717) is 17.5 Å². The van der Waals surface area contributed by atoms with E-state index in [1.165, 1.54) is 38.2 Å². The molecule has 0 saturated heterocycles. The fourth-order valence-electron chi connectivity index (χ4n) is 8.36. The van der Waals surface area contributed by atoms with Crippen molar-refractivity contribution >= 4 is 38.6 Å². The molecule has 0 radical (unpaired) electrons. The van der Waals surface area contributed by atoms with Crippen LogP contribution in [0.3, 0.4) is 0 Å². The van der Waals surface area contributed by atoms with E-state index in [9.17, 15) is 0 Å². The first-order valence-corrected chi connectivity index (χ1v) is 19.3. The van der Waals surface area contributed by atoms with Crippen molar-refractivity contribution in [3.05, 3.63) is 206 Å². The number of rotatable bonds is 6. The zero-order valence-corrected chi connectivity index (χ0v) is 30.9. The van der Waals surface area contributed by atoms with Gasteiger partial charge in [-0.3, -0.25) is 0 Å². The molecule has 1 aromatic heterocycles. The molecule has 9 aromatic carbocycles. The number of para-hydroxylation sites is 1. The SMILES string of the molecule is c1ccc(-c2nc(-c3ccc(-c4ccc5ccccc5c4)cc3)nc(-c3cccc4c3-c3cccc5c(-c6ccccc6)ccc(c35)N4c3ccccc3)n2)cc1. The molecule has 4 nitrogen and oxygen atoms in total. The van der Waals surface area contributed by atoms with E-state index in [1.54, 1.807) is 0 Å². The summed E-state index contributed by atoms with van der Waals surface area (Å²) in [5.74, 6) is 1.89. The van der Waals surface area contributed by atoms with E-state index in [4.69, 9.17) is 15.0 Å². The van der Waals surface area contributed by atoms with Crippen molar-refractivity contribution in [3.8, 4) is 67.5 Å². The van der Waals surface area contributed by atoms with Crippen LogP contribution in [-0.4, -0.2) is 15.0 Å². The normalized spacial score (nSPS) is 11.8. The average Bonchev–Trinajstić information content (AvgIpc) is 3.29. The third kappa shape index (κ3) is 5.66. The molecule has 0 bridgehead atoms. The number of hydrogen-bond donors (Lipinski definition) is 0. The lowest BCUT2D eigenvalue weighted by atomic mass is 9.85. The van der Waals surface area contributed by atoms with Gasteiger partial charge in [-0.15, -0.1) is 0 Å². The molecule has 0 atom stereocenters. The van der Waals surface area contributed by atoms with Gasteiger partial charge in [0.1, 0.15) is 0 Å². The molecule has 11 rings (SSSR count). The van der Waals surface area contributed by atoms with Gasteiger partial charge in [0, 0.05) is 33.3 Å². The number of anilines is 3. The van der Waals surface area contributed by atoms with Gasteiger partial charge in [-0.2, -0.15) is 0 Å². The Labute approximate surface area is 331 Å². The summed E-state index contributed by atoms with van der Waals surface area (Å²) in [5, 5.41) is 4.85. The zero-order chi connectivity index (χ0) is 37.7. The van der Waals surface area contributed by atoms with E-state index < -0.39 is 0 Å². The quantitative estimate of drug-likeness (QED) is 0.171. The van der Waals surface area contributed by atoms with Crippen LogP contribution in [0.4, 0.5) is 17.1 Å². The summed E-state index contributed by atoms with van der Waals surface area (Å²) in [7, 11) is 0. The van der Waals surface area contributed by atoms with Crippen molar-refractivity contribution in [1.29, 1.82) is 0 Å². The Kier molecular flexibility index (Phi) is 7.78. The summed E-state index contributed by atoms with van der Waals surface area (Å²) in [6.45, 7) is 0. The lowest BCUT2D eigenvalue weighted by Crippen LogP contribution is -2.16. The number of benzene rings is 9. The predicted molar refractivity (Wildman–Crippen MR) is 236 cm³/mol.